The zero-order valence-electron chi connectivity index (χ0n) is 18.2. The van der Waals surface area contributed by atoms with E-state index >= 15 is 0 Å². The highest BCUT2D eigenvalue weighted by Crippen LogP contribution is 2.50. The lowest BCUT2D eigenvalue weighted by molar-refractivity contribution is 0.137. The van der Waals surface area contributed by atoms with Crippen molar-refractivity contribution in [2.24, 2.45) is 23.7 Å². The molecule has 0 unspecified atom stereocenters. The van der Waals surface area contributed by atoms with Gasteiger partial charge in [-0.15, -0.1) is 11.8 Å². The van der Waals surface area contributed by atoms with Crippen molar-refractivity contribution in [3.8, 4) is 11.8 Å². The Morgan fingerprint density at radius 1 is 1.25 bits per heavy atom. The number of nitrogens with one attached hydrogen (secondary N) is 1. The first-order chi connectivity index (χ1) is 13.6. The summed E-state index contributed by atoms with van der Waals surface area (Å²) in [7, 11) is 0. The van der Waals surface area contributed by atoms with Crippen LogP contribution in [0, 0.1) is 35.5 Å². The number of hydrogen-bond acceptors (Lipinski definition) is 3. The van der Waals surface area contributed by atoms with E-state index in [4.69, 9.17) is 0 Å². The lowest BCUT2D eigenvalue weighted by Gasteiger charge is -2.19. The molecular formula is C25H41NO2. The van der Waals surface area contributed by atoms with Crippen LogP contribution in [0.5, 0.6) is 0 Å². The molecule has 6 atom stereocenters. The predicted octanol–water partition coefficient (Wildman–Crippen LogP) is 4.46. The zero-order valence-corrected chi connectivity index (χ0v) is 18.2. The highest BCUT2D eigenvalue weighted by atomic mass is 16.3. The summed E-state index contributed by atoms with van der Waals surface area (Å²) in [5.74, 6) is 7.41. The van der Waals surface area contributed by atoms with E-state index in [1.165, 1.54) is 25.7 Å². The fraction of sp³-hybridized carbons (Fsp3) is 0.760. The van der Waals surface area contributed by atoms with Gasteiger partial charge in [-0.1, -0.05) is 37.6 Å². The van der Waals surface area contributed by atoms with Gasteiger partial charge in [0.05, 0.1) is 12.2 Å². The quantitative estimate of drug-likeness (QED) is 0.279. The third kappa shape index (κ3) is 7.07. The number of fused-ring (bicyclic) bond motifs is 1. The van der Waals surface area contributed by atoms with Gasteiger partial charge in [0.15, 0.2) is 0 Å². The van der Waals surface area contributed by atoms with Crippen molar-refractivity contribution in [2.75, 3.05) is 13.1 Å². The van der Waals surface area contributed by atoms with Crippen molar-refractivity contribution < 1.29 is 10.2 Å². The topological polar surface area (TPSA) is 52.5 Å². The maximum absolute atomic E-state index is 10.5. The smallest absolute Gasteiger partial charge is 0.0755 e. The fourth-order valence-electron chi connectivity index (χ4n) is 4.76. The summed E-state index contributed by atoms with van der Waals surface area (Å²) in [5, 5.41) is 24.3. The average Bonchev–Trinajstić information content (AvgIpc) is 3.19. The third-order valence-electron chi connectivity index (χ3n) is 6.49. The highest BCUT2D eigenvalue weighted by Gasteiger charge is 2.44. The number of hydrogen-bond donors (Lipinski definition) is 3. The molecule has 0 amide bonds. The predicted molar refractivity (Wildman–Crippen MR) is 118 cm³/mol. The maximum atomic E-state index is 10.5. The van der Waals surface area contributed by atoms with Crippen LogP contribution in [0.15, 0.2) is 23.8 Å². The SMILES string of the molecule is CC#CC[C@H](C)[C@H](O)C=C[C@@H]1[C@H]2CC(=CCCCCNCCC)C[C@H]2C[C@H]1O. The summed E-state index contributed by atoms with van der Waals surface area (Å²) in [6.07, 6.45) is 14.5. The van der Waals surface area contributed by atoms with Crippen LogP contribution in [0.1, 0.15) is 72.1 Å². The summed E-state index contributed by atoms with van der Waals surface area (Å²) in [5.41, 5.74) is 1.59. The molecule has 3 nitrogen and oxygen atoms in total. The van der Waals surface area contributed by atoms with Gasteiger partial charge in [-0.3, -0.25) is 0 Å². The van der Waals surface area contributed by atoms with E-state index in [-0.39, 0.29) is 17.9 Å². The van der Waals surface area contributed by atoms with Gasteiger partial charge in [0.25, 0.3) is 0 Å². The molecule has 0 bridgehead atoms. The monoisotopic (exact) mass is 387 g/mol. The number of aliphatic hydroxyl groups excluding tert-OH is 2. The molecule has 2 rings (SSSR count). The van der Waals surface area contributed by atoms with Gasteiger partial charge in [-0.25, -0.2) is 0 Å². The normalized spacial score (nSPS) is 30.4. The van der Waals surface area contributed by atoms with Gasteiger partial charge in [0.2, 0.25) is 0 Å². The van der Waals surface area contributed by atoms with Crippen molar-refractivity contribution in [3.05, 3.63) is 23.8 Å². The lowest BCUT2D eigenvalue weighted by atomic mass is 9.89. The van der Waals surface area contributed by atoms with Gasteiger partial charge in [0, 0.05) is 12.3 Å². The second-order valence-corrected chi connectivity index (χ2v) is 8.80. The largest absolute Gasteiger partial charge is 0.392 e. The Bertz CT molecular complexity index is 571. The molecule has 0 aromatic carbocycles. The second kappa shape index (κ2) is 12.5. The Labute approximate surface area is 172 Å². The van der Waals surface area contributed by atoms with E-state index in [1.54, 1.807) is 5.57 Å². The number of rotatable bonds is 11. The minimum absolute atomic E-state index is 0.129. The molecule has 2 aliphatic rings. The highest BCUT2D eigenvalue weighted by molar-refractivity contribution is 5.18. The fourth-order valence-corrected chi connectivity index (χ4v) is 4.76. The standard InChI is InChI=1S/C25H41NO2/c1-4-6-10-19(3)24(27)13-12-22-23-17-20(16-21(23)18-25(22)28)11-8-7-9-15-26-14-5-2/h11-13,19,21-28H,5,7-10,14-18H2,1-3H3/t19-,21-,22+,23-,24+,25+/m0/s1. The van der Waals surface area contributed by atoms with Gasteiger partial charge < -0.3 is 15.5 Å². The van der Waals surface area contributed by atoms with Crippen LogP contribution < -0.4 is 5.32 Å². The Morgan fingerprint density at radius 2 is 2.07 bits per heavy atom. The van der Waals surface area contributed by atoms with Crippen molar-refractivity contribution in [3.63, 3.8) is 0 Å². The number of unbranched alkanes of at least 4 members (excludes halogenated alkanes) is 2. The number of allylic oxidation sites excluding steroid dienone is 2. The lowest BCUT2D eigenvalue weighted by Crippen LogP contribution is -2.19. The first-order valence-corrected chi connectivity index (χ1v) is 11.4. The molecule has 28 heavy (non-hydrogen) atoms. The zero-order chi connectivity index (χ0) is 20.4. The molecule has 0 heterocycles. The first-order valence-electron chi connectivity index (χ1n) is 11.4. The molecule has 0 radical (unpaired) electrons. The maximum Gasteiger partial charge on any atom is 0.0755 e. The molecule has 0 saturated heterocycles. The summed E-state index contributed by atoms with van der Waals surface area (Å²) in [6.45, 7) is 8.32. The van der Waals surface area contributed by atoms with Crippen LogP contribution in [0.25, 0.3) is 0 Å². The third-order valence-corrected chi connectivity index (χ3v) is 6.49. The Kier molecular flexibility index (Phi) is 10.3. The van der Waals surface area contributed by atoms with Crippen LogP contribution in [0.3, 0.4) is 0 Å². The van der Waals surface area contributed by atoms with Crippen molar-refractivity contribution >= 4 is 0 Å². The van der Waals surface area contributed by atoms with Crippen LogP contribution in [-0.4, -0.2) is 35.5 Å². The minimum Gasteiger partial charge on any atom is -0.392 e. The molecule has 3 heteroatoms. The van der Waals surface area contributed by atoms with Crippen molar-refractivity contribution in [1.29, 1.82) is 0 Å². The van der Waals surface area contributed by atoms with Crippen LogP contribution >= 0.6 is 0 Å². The molecule has 3 N–H and O–H groups in total. The molecular weight excluding hydrogens is 346 g/mol. The molecule has 0 aromatic heterocycles. The van der Waals surface area contributed by atoms with Gasteiger partial charge in [-0.05, 0) is 82.7 Å². The summed E-state index contributed by atoms with van der Waals surface area (Å²) < 4.78 is 0. The Balaban J connectivity index is 1.79. The molecule has 158 valence electrons. The number of aliphatic hydroxyl groups is 2. The van der Waals surface area contributed by atoms with Gasteiger partial charge in [0.1, 0.15) is 0 Å². The molecule has 0 aliphatic heterocycles. The van der Waals surface area contributed by atoms with E-state index in [0.717, 1.165) is 32.4 Å². The van der Waals surface area contributed by atoms with Crippen LogP contribution in [-0.2, 0) is 0 Å². The average molecular weight is 388 g/mol. The molecule has 2 aliphatic carbocycles. The van der Waals surface area contributed by atoms with Gasteiger partial charge >= 0.3 is 0 Å². The van der Waals surface area contributed by atoms with Crippen molar-refractivity contribution in [1.82, 2.24) is 5.32 Å². The van der Waals surface area contributed by atoms with E-state index in [9.17, 15) is 10.2 Å². The molecule has 2 saturated carbocycles. The van der Waals surface area contributed by atoms with Crippen molar-refractivity contribution in [2.45, 2.75) is 84.3 Å². The summed E-state index contributed by atoms with van der Waals surface area (Å²) >= 11 is 0. The Morgan fingerprint density at radius 3 is 2.82 bits per heavy atom. The molecule has 2 fully saturated rings. The second-order valence-electron chi connectivity index (χ2n) is 8.80. The van der Waals surface area contributed by atoms with E-state index < -0.39 is 6.10 Å². The summed E-state index contributed by atoms with van der Waals surface area (Å²) in [6, 6.07) is 0. The van der Waals surface area contributed by atoms with E-state index in [2.05, 4.69) is 36.2 Å². The van der Waals surface area contributed by atoms with E-state index in [1.807, 2.05) is 19.9 Å². The van der Waals surface area contributed by atoms with Crippen LogP contribution in [0.2, 0.25) is 0 Å². The van der Waals surface area contributed by atoms with Crippen LogP contribution in [0.4, 0.5) is 0 Å². The molecule has 0 spiro atoms. The van der Waals surface area contributed by atoms with Gasteiger partial charge in [-0.2, -0.15) is 0 Å². The minimum atomic E-state index is -0.482. The first kappa shape index (κ1) is 23.2. The molecule has 0 aromatic rings. The van der Waals surface area contributed by atoms with E-state index in [0.29, 0.717) is 18.3 Å². The summed E-state index contributed by atoms with van der Waals surface area (Å²) in [4.78, 5) is 0. The Hall–Kier alpha value is -1.08.